The summed E-state index contributed by atoms with van der Waals surface area (Å²) < 4.78 is 13.8. The summed E-state index contributed by atoms with van der Waals surface area (Å²) in [5, 5.41) is 0.617. The van der Waals surface area contributed by atoms with Crippen molar-refractivity contribution in [2.75, 3.05) is 0 Å². The van der Waals surface area contributed by atoms with Gasteiger partial charge in [0, 0.05) is 15.4 Å². The number of rotatable bonds is 1. The third kappa shape index (κ3) is 2.17. The van der Waals surface area contributed by atoms with Crippen LogP contribution >= 0.6 is 43.5 Å². The van der Waals surface area contributed by atoms with Gasteiger partial charge in [-0.2, -0.15) is 0 Å². The summed E-state index contributed by atoms with van der Waals surface area (Å²) in [6, 6.07) is 3.22. The van der Waals surface area contributed by atoms with E-state index < -0.39 is 0 Å². The van der Waals surface area contributed by atoms with Crippen LogP contribution in [0.5, 0.6) is 0 Å². The third-order valence-electron chi connectivity index (χ3n) is 1.21. The molecule has 4 heteroatoms. The Hall–Kier alpha value is 0.400. The largest absolute Gasteiger partial charge is 0.205 e. The molecule has 0 N–H and O–H groups in total. The van der Waals surface area contributed by atoms with E-state index in [1.165, 1.54) is 6.07 Å². The molecule has 1 rings (SSSR count). The molecule has 0 nitrogen and oxygen atoms in total. The molecule has 0 atom stereocenters. The molecule has 0 amide bonds. The van der Waals surface area contributed by atoms with Gasteiger partial charge in [0.25, 0.3) is 0 Å². The van der Waals surface area contributed by atoms with E-state index in [0.29, 0.717) is 10.9 Å². The Morgan fingerprint density at radius 3 is 2.64 bits per heavy atom. The smallest absolute Gasteiger partial charge is 0.145 e. The molecule has 0 saturated carbocycles. The molecule has 0 spiro atoms. The van der Waals surface area contributed by atoms with Crippen molar-refractivity contribution in [1.29, 1.82) is 0 Å². The molecule has 0 fully saturated rings. The quantitative estimate of drug-likeness (QED) is 0.540. The summed E-state index contributed by atoms with van der Waals surface area (Å²) in [4.78, 5) is 0. The van der Waals surface area contributed by atoms with Crippen LogP contribution in [0, 0.1) is 5.82 Å². The highest BCUT2D eigenvalue weighted by atomic mass is 79.9. The van der Waals surface area contributed by atoms with Crippen LogP contribution in [0.25, 0.3) is 0 Å². The Morgan fingerprint density at radius 1 is 1.45 bits per heavy atom. The van der Waals surface area contributed by atoms with Gasteiger partial charge in [-0.1, -0.05) is 43.5 Å². The molecular formula is C7H4Br2ClF. The average molecular weight is 302 g/mol. The second kappa shape index (κ2) is 3.87. The molecule has 0 aliphatic carbocycles. The lowest BCUT2D eigenvalue weighted by Crippen LogP contribution is -1.86. The zero-order chi connectivity index (χ0) is 8.43. The van der Waals surface area contributed by atoms with Crippen LogP contribution in [0.4, 0.5) is 4.39 Å². The van der Waals surface area contributed by atoms with Crippen LogP contribution in [0.2, 0.25) is 5.02 Å². The molecule has 0 aliphatic rings. The molecule has 0 heterocycles. The van der Waals surface area contributed by atoms with E-state index in [-0.39, 0.29) is 10.8 Å². The van der Waals surface area contributed by atoms with Crippen molar-refractivity contribution in [3.05, 3.63) is 33.0 Å². The topological polar surface area (TPSA) is 0 Å². The molecular weight excluding hydrogens is 298 g/mol. The number of halogens is 4. The van der Waals surface area contributed by atoms with Crippen molar-refractivity contribution < 1.29 is 4.39 Å². The number of benzene rings is 1. The lowest BCUT2D eigenvalue weighted by atomic mass is 10.2. The van der Waals surface area contributed by atoms with E-state index in [1.54, 1.807) is 6.07 Å². The van der Waals surface area contributed by atoms with E-state index in [0.717, 1.165) is 4.47 Å². The molecule has 0 bridgehead atoms. The van der Waals surface area contributed by atoms with Gasteiger partial charge in [-0.15, -0.1) is 0 Å². The third-order valence-corrected chi connectivity index (χ3v) is 2.55. The Morgan fingerprint density at radius 2 is 2.09 bits per heavy atom. The average Bonchev–Trinajstić information content (AvgIpc) is 1.96. The van der Waals surface area contributed by atoms with Gasteiger partial charge in [-0.05, 0) is 12.1 Å². The highest BCUT2D eigenvalue weighted by molar-refractivity contribution is 9.10. The van der Waals surface area contributed by atoms with E-state index in [9.17, 15) is 4.39 Å². The zero-order valence-electron chi connectivity index (χ0n) is 5.37. The minimum Gasteiger partial charge on any atom is -0.205 e. The summed E-state index contributed by atoms with van der Waals surface area (Å²) >= 11 is 11.9. The van der Waals surface area contributed by atoms with E-state index in [2.05, 4.69) is 31.9 Å². The maximum absolute atomic E-state index is 13.0. The van der Waals surface area contributed by atoms with Crippen LogP contribution in [0.3, 0.4) is 0 Å². The number of hydrogen-bond acceptors (Lipinski definition) is 0. The lowest BCUT2D eigenvalue weighted by molar-refractivity contribution is 0.618. The minimum absolute atomic E-state index is 0.147. The predicted molar refractivity (Wildman–Crippen MR) is 51.7 cm³/mol. The van der Waals surface area contributed by atoms with Crippen LogP contribution in [-0.2, 0) is 5.33 Å². The Labute approximate surface area is 86.0 Å². The zero-order valence-corrected chi connectivity index (χ0v) is 9.30. The highest BCUT2D eigenvalue weighted by Crippen LogP contribution is 2.25. The normalized spacial score (nSPS) is 10.2. The summed E-state index contributed by atoms with van der Waals surface area (Å²) in [6.45, 7) is 0. The monoisotopic (exact) mass is 300 g/mol. The summed E-state index contributed by atoms with van der Waals surface area (Å²) in [5.74, 6) is -0.355. The van der Waals surface area contributed by atoms with Crippen LogP contribution in [0.1, 0.15) is 5.56 Å². The van der Waals surface area contributed by atoms with Gasteiger partial charge < -0.3 is 0 Å². The predicted octanol–water partition coefficient (Wildman–Crippen LogP) is 4.14. The van der Waals surface area contributed by atoms with Gasteiger partial charge in [0.15, 0.2) is 0 Å². The lowest BCUT2D eigenvalue weighted by Gasteiger charge is -2.01. The molecule has 0 radical (unpaired) electrons. The fourth-order valence-electron chi connectivity index (χ4n) is 0.707. The van der Waals surface area contributed by atoms with Gasteiger partial charge in [-0.25, -0.2) is 4.39 Å². The SMILES string of the molecule is Fc1c(Cl)cc(Br)cc1CBr. The highest BCUT2D eigenvalue weighted by Gasteiger charge is 2.06. The van der Waals surface area contributed by atoms with Crippen molar-refractivity contribution in [2.45, 2.75) is 5.33 Å². The fraction of sp³-hybridized carbons (Fsp3) is 0.143. The Kier molecular flexibility index (Phi) is 3.34. The second-order valence-corrected chi connectivity index (χ2v) is 3.88. The first-order valence-electron chi connectivity index (χ1n) is 2.84. The van der Waals surface area contributed by atoms with Gasteiger partial charge in [0.1, 0.15) is 5.82 Å². The van der Waals surface area contributed by atoms with Gasteiger partial charge in [0.2, 0.25) is 0 Å². The molecule has 0 aliphatic heterocycles. The summed E-state index contributed by atoms with van der Waals surface area (Å²) in [5.41, 5.74) is 0.560. The molecule has 0 aromatic heterocycles. The van der Waals surface area contributed by atoms with Gasteiger partial charge in [-0.3, -0.25) is 0 Å². The van der Waals surface area contributed by atoms with Crippen LogP contribution in [-0.4, -0.2) is 0 Å². The summed E-state index contributed by atoms with van der Waals surface area (Å²) in [7, 11) is 0. The molecule has 1 aromatic rings. The van der Waals surface area contributed by atoms with Crippen molar-refractivity contribution >= 4 is 43.5 Å². The molecule has 0 saturated heterocycles. The Bertz CT molecular complexity index is 275. The maximum Gasteiger partial charge on any atom is 0.145 e. The fourth-order valence-corrected chi connectivity index (χ4v) is 1.99. The summed E-state index contributed by atoms with van der Waals surface area (Å²) in [6.07, 6.45) is 0. The van der Waals surface area contributed by atoms with E-state index in [1.807, 2.05) is 0 Å². The van der Waals surface area contributed by atoms with E-state index in [4.69, 9.17) is 11.6 Å². The van der Waals surface area contributed by atoms with Crippen molar-refractivity contribution in [2.24, 2.45) is 0 Å². The first kappa shape index (κ1) is 9.49. The van der Waals surface area contributed by atoms with Crippen LogP contribution in [0.15, 0.2) is 16.6 Å². The number of alkyl halides is 1. The van der Waals surface area contributed by atoms with Gasteiger partial charge >= 0.3 is 0 Å². The van der Waals surface area contributed by atoms with Crippen molar-refractivity contribution in [1.82, 2.24) is 0 Å². The number of hydrogen-bond donors (Lipinski definition) is 0. The molecule has 1 aromatic carbocycles. The maximum atomic E-state index is 13.0. The van der Waals surface area contributed by atoms with Gasteiger partial charge in [0.05, 0.1) is 5.02 Å². The minimum atomic E-state index is -0.355. The second-order valence-electron chi connectivity index (χ2n) is 1.99. The molecule has 60 valence electrons. The Balaban J connectivity index is 3.24. The molecule has 11 heavy (non-hydrogen) atoms. The molecule has 0 unspecified atom stereocenters. The van der Waals surface area contributed by atoms with Crippen molar-refractivity contribution in [3.63, 3.8) is 0 Å². The first-order valence-corrected chi connectivity index (χ1v) is 5.13. The standard InChI is InChI=1S/C7H4Br2ClF/c8-3-4-1-5(9)2-6(10)7(4)11/h1-2H,3H2. The first-order chi connectivity index (χ1) is 5.15. The van der Waals surface area contributed by atoms with E-state index >= 15 is 0 Å². The van der Waals surface area contributed by atoms with Crippen LogP contribution < -0.4 is 0 Å². The van der Waals surface area contributed by atoms with Crippen molar-refractivity contribution in [3.8, 4) is 0 Å².